The Morgan fingerprint density at radius 2 is 1.48 bits per heavy atom. The van der Waals surface area contributed by atoms with Crippen molar-refractivity contribution in [1.29, 1.82) is 0 Å². The van der Waals surface area contributed by atoms with Gasteiger partial charge in [-0.05, 0) is 25.0 Å². The number of anilines is 1. The van der Waals surface area contributed by atoms with Gasteiger partial charge in [-0.25, -0.2) is 0 Å². The van der Waals surface area contributed by atoms with Crippen LogP contribution in [0.15, 0.2) is 30.3 Å². The molecule has 2 aliphatic heterocycles. The largest absolute Gasteiger partial charge is 0.368 e. The van der Waals surface area contributed by atoms with Gasteiger partial charge in [0.25, 0.3) is 0 Å². The standard InChI is InChI=1S/C20H29N3O2/c1-16(2)19(24)22-10-8-17(9-11-22)20(25)23-14-12-21(13-15-23)18-6-4-3-5-7-18/h3-7,16-17H,8-15H2,1-2H3. The van der Waals surface area contributed by atoms with Crippen LogP contribution in [0.3, 0.4) is 0 Å². The van der Waals surface area contributed by atoms with E-state index in [1.807, 2.05) is 29.7 Å². The molecule has 0 aromatic heterocycles. The monoisotopic (exact) mass is 343 g/mol. The molecule has 1 aromatic carbocycles. The Hall–Kier alpha value is -2.04. The van der Waals surface area contributed by atoms with Gasteiger partial charge in [0.15, 0.2) is 0 Å². The minimum atomic E-state index is 0.0401. The van der Waals surface area contributed by atoms with Gasteiger partial charge in [-0.2, -0.15) is 0 Å². The van der Waals surface area contributed by atoms with Crippen LogP contribution < -0.4 is 4.90 Å². The summed E-state index contributed by atoms with van der Waals surface area (Å²) in [7, 11) is 0. The van der Waals surface area contributed by atoms with E-state index in [2.05, 4.69) is 29.2 Å². The Balaban J connectivity index is 1.48. The highest BCUT2D eigenvalue weighted by Gasteiger charge is 2.32. The molecular weight excluding hydrogens is 314 g/mol. The second-order valence-corrected chi connectivity index (χ2v) is 7.40. The second-order valence-electron chi connectivity index (χ2n) is 7.40. The van der Waals surface area contributed by atoms with Crippen molar-refractivity contribution in [2.24, 2.45) is 11.8 Å². The van der Waals surface area contributed by atoms with Crippen LogP contribution in [-0.2, 0) is 9.59 Å². The minimum absolute atomic E-state index is 0.0401. The molecule has 0 bridgehead atoms. The number of nitrogens with zero attached hydrogens (tertiary/aromatic N) is 3. The molecule has 2 aliphatic rings. The van der Waals surface area contributed by atoms with Crippen molar-refractivity contribution in [3.63, 3.8) is 0 Å². The first-order chi connectivity index (χ1) is 12.1. The quantitative estimate of drug-likeness (QED) is 0.845. The van der Waals surface area contributed by atoms with Crippen molar-refractivity contribution in [2.75, 3.05) is 44.2 Å². The zero-order chi connectivity index (χ0) is 17.8. The van der Waals surface area contributed by atoms with Crippen molar-refractivity contribution in [3.8, 4) is 0 Å². The van der Waals surface area contributed by atoms with Gasteiger partial charge in [0.2, 0.25) is 11.8 Å². The first-order valence-corrected chi connectivity index (χ1v) is 9.44. The maximum absolute atomic E-state index is 12.8. The zero-order valence-corrected chi connectivity index (χ0v) is 15.4. The molecule has 0 unspecified atom stereocenters. The van der Waals surface area contributed by atoms with Gasteiger partial charge in [0, 0.05) is 56.8 Å². The van der Waals surface area contributed by atoms with Gasteiger partial charge in [-0.1, -0.05) is 32.0 Å². The number of likely N-dealkylation sites (tertiary alicyclic amines) is 1. The lowest BCUT2D eigenvalue weighted by Gasteiger charge is -2.39. The molecule has 5 heteroatoms. The Labute approximate surface area is 150 Å². The third-order valence-electron chi connectivity index (χ3n) is 5.36. The number of amides is 2. The molecule has 3 rings (SSSR count). The van der Waals surface area contributed by atoms with Gasteiger partial charge >= 0.3 is 0 Å². The summed E-state index contributed by atoms with van der Waals surface area (Å²) in [5.41, 5.74) is 1.23. The highest BCUT2D eigenvalue weighted by molar-refractivity contribution is 5.81. The second kappa shape index (κ2) is 7.89. The Morgan fingerprint density at radius 1 is 0.880 bits per heavy atom. The molecule has 2 saturated heterocycles. The first-order valence-electron chi connectivity index (χ1n) is 9.44. The minimum Gasteiger partial charge on any atom is -0.368 e. The van der Waals surface area contributed by atoms with Gasteiger partial charge in [0.1, 0.15) is 0 Å². The summed E-state index contributed by atoms with van der Waals surface area (Å²) in [5.74, 6) is 0.615. The predicted molar refractivity (Wildman–Crippen MR) is 99.4 cm³/mol. The summed E-state index contributed by atoms with van der Waals surface area (Å²) < 4.78 is 0. The topological polar surface area (TPSA) is 43.9 Å². The fraction of sp³-hybridized carbons (Fsp3) is 0.600. The molecule has 0 saturated carbocycles. The SMILES string of the molecule is CC(C)C(=O)N1CCC(C(=O)N2CCN(c3ccccc3)CC2)CC1. The molecule has 2 amide bonds. The lowest BCUT2D eigenvalue weighted by molar-refractivity contribution is -0.142. The van der Waals surface area contributed by atoms with Gasteiger partial charge in [-0.15, -0.1) is 0 Å². The number of hydrogen-bond acceptors (Lipinski definition) is 3. The van der Waals surface area contributed by atoms with Crippen LogP contribution in [0.25, 0.3) is 0 Å². The smallest absolute Gasteiger partial charge is 0.225 e. The average molecular weight is 343 g/mol. The molecule has 2 heterocycles. The Kier molecular flexibility index (Phi) is 5.61. The number of para-hydroxylation sites is 1. The van der Waals surface area contributed by atoms with Crippen LogP contribution in [0.1, 0.15) is 26.7 Å². The molecule has 0 atom stereocenters. The highest BCUT2D eigenvalue weighted by atomic mass is 16.2. The lowest BCUT2D eigenvalue weighted by atomic mass is 9.94. The molecule has 25 heavy (non-hydrogen) atoms. The number of carbonyl (C=O) groups excluding carboxylic acids is 2. The van der Waals surface area contributed by atoms with Crippen molar-refractivity contribution in [2.45, 2.75) is 26.7 Å². The van der Waals surface area contributed by atoms with E-state index < -0.39 is 0 Å². The molecular formula is C20H29N3O2. The average Bonchev–Trinajstić information content (AvgIpc) is 2.67. The number of piperazine rings is 1. The normalized spacial score (nSPS) is 19.4. The van der Waals surface area contributed by atoms with Crippen LogP contribution >= 0.6 is 0 Å². The summed E-state index contributed by atoms with van der Waals surface area (Å²) in [6.45, 7) is 8.67. The van der Waals surface area contributed by atoms with Crippen LogP contribution in [0.5, 0.6) is 0 Å². The fourth-order valence-corrected chi connectivity index (χ4v) is 3.79. The number of hydrogen-bond donors (Lipinski definition) is 0. The predicted octanol–water partition coefficient (Wildman–Crippen LogP) is 2.23. The zero-order valence-electron chi connectivity index (χ0n) is 15.4. The van der Waals surface area contributed by atoms with E-state index in [4.69, 9.17) is 0 Å². The molecule has 0 spiro atoms. The summed E-state index contributed by atoms with van der Waals surface area (Å²) in [6.07, 6.45) is 1.60. The van der Waals surface area contributed by atoms with Crippen LogP contribution in [-0.4, -0.2) is 60.9 Å². The van der Waals surface area contributed by atoms with Crippen molar-refractivity contribution in [3.05, 3.63) is 30.3 Å². The molecule has 136 valence electrons. The van der Waals surface area contributed by atoms with Crippen molar-refractivity contribution >= 4 is 17.5 Å². The molecule has 1 aromatic rings. The maximum atomic E-state index is 12.8. The van der Waals surface area contributed by atoms with Gasteiger partial charge < -0.3 is 14.7 Å². The fourth-order valence-electron chi connectivity index (χ4n) is 3.79. The number of rotatable bonds is 3. The van der Waals surface area contributed by atoms with E-state index in [-0.39, 0.29) is 23.7 Å². The third kappa shape index (κ3) is 4.14. The van der Waals surface area contributed by atoms with E-state index in [0.29, 0.717) is 0 Å². The summed E-state index contributed by atoms with van der Waals surface area (Å²) in [5, 5.41) is 0. The maximum Gasteiger partial charge on any atom is 0.225 e. The van der Waals surface area contributed by atoms with E-state index in [9.17, 15) is 9.59 Å². The molecule has 2 fully saturated rings. The van der Waals surface area contributed by atoms with E-state index in [1.54, 1.807) is 0 Å². The van der Waals surface area contributed by atoms with Crippen molar-refractivity contribution < 1.29 is 9.59 Å². The summed E-state index contributed by atoms with van der Waals surface area (Å²) in [6, 6.07) is 10.4. The summed E-state index contributed by atoms with van der Waals surface area (Å²) in [4.78, 5) is 31.2. The van der Waals surface area contributed by atoms with Crippen LogP contribution in [0, 0.1) is 11.8 Å². The lowest BCUT2D eigenvalue weighted by Crippen LogP contribution is -2.52. The van der Waals surface area contributed by atoms with Gasteiger partial charge in [-0.3, -0.25) is 9.59 Å². The van der Waals surface area contributed by atoms with E-state index in [1.165, 1.54) is 5.69 Å². The Morgan fingerprint density at radius 3 is 2.04 bits per heavy atom. The molecule has 0 aliphatic carbocycles. The van der Waals surface area contributed by atoms with Crippen molar-refractivity contribution in [1.82, 2.24) is 9.80 Å². The summed E-state index contributed by atoms with van der Waals surface area (Å²) >= 11 is 0. The molecule has 0 radical (unpaired) electrons. The number of carbonyl (C=O) groups is 2. The van der Waals surface area contributed by atoms with Gasteiger partial charge in [0.05, 0.1) is 0 Å². The number of piperidine rings is 1. The molecule has 5 nitrogen and oxygen atoms in total. The van der Waals surface area contributed by atoms with Crippen LogP contribution in [0.4, 0.5) is 5.69 Å². The van der Waals surface area contributed by atoms with E-state index >= 15 is 0 Å². The third-order valence-corrected chi connectivity index (χ3v) is 5.36. The highest BCUT2D eigenvalue weighted by Crippen LogP contribution is 2.23. The molecule has 0 N–H and O–H groups in total. The number of benzene rings is 1. The first kappa shape index (κ1) is 17.8. The Bertz CT molecular complexity index is 586. The van der Waals surface area contributed by atoms with E-state index in [0.717, 1.165) is 52.1 Å². The van der Waals surface area contributed by atoms with Crippen LogP contribution in [0.2, 0.25) is 0 Å².